The summed E-state index contributed by atoms with van der Waals surface area (Å²) in [6.45, 7) is 6.23. The van der Waals surface area contributed by atoms with Gasteiger partial charge in [-0.25, -0.2) is 0 Å². The summed E-state index contributed by atoms with van der Waals surface area (Å²) in [7, 11) is 0. The van der Waals surface area contributed by atoms with Crippen LogP contribution in [0.3, 0.4) is 0 Å². The Bertz CT molecular complexity index is 498. The van der Waals surface area contributed by atoms with Crippen LogP contribution in [0.5, 0.6) is 0 Å². The van der Waals surface area contributed by atoms with Gasteiger partial charge in [-0.1, -0.05) is 6.92 Å². The van der Waals surface area contributed by atoms with E-state index >= 15 is 0 Å². The molecule has 0 aliphatic heterocycles. The molecule has 0 aromatic rings. The van der Waals surface area contributed by atoms with Crippen LogP contribution in [-0.4, -0.2) is 11.6 Å². The minimum absolute atomic E-state index is 0.0482. The maximum Gasteiger partial charge on any atom is 0.312 e. The summed E-state index contributed by atoms with van der Waals surface area (Å²) in [5.74, 6) is 6.08. The van der Waals surface area contributed by atoms with Gasteiger partial charge in [0, 0.05) is 11.8 Å². The van der Waals surface area contributed by atoms with Crippen molar-refractivity contribution in [2.24, 2.45) is 46.8 Å². The number of ether oxygens (including phenoxy) is 1. The second kappa shape index (κ2) is 4.11. The molecule has 0 heterocycles. The van der Waals surface area contributed by atoms with Crippen LogP contribution in [-0.2, 0) is 9.53 Å². The molecule has 122 valence electrons. The molecule has 7 aliphatic rings. The van der Waals surface area contributed by atoms with Crippen molar-refractivity contribution in [1.82, 2.24) is 0 Å². The SMILES string of the molecule is CCC(C)(C)C(=O)OC12CC3CC4C5CC(CC41)CC2C5C3. The van der Waals surface area contributed by atoms with Crippen LogP contribution in [0.1, 0.15) is 65.7 Å². The van der Waals surface area contributed by atoms with E-state index in [9.17, 15) is 4.79 Å². The zero-order chi connectivity index (χ0) is 15.3. The first-order chi connectivity index (χ1) is 10.4. The Morgan fingerprint density at radius 2 is 1.59 bits per heavy atom. The predicted octanol–water partition coefficient (Wildman–Crippen LogP) is 4.43. The van der Waals surface area contributed by atoms with Gasteiger partial charge < -0.3 is 4.74 Å². The van der Waals surface area contributed by atoms with Gasteiger partial charge in [-0.15, -0.1) is 0 Å². The smallest absolute Gasteiger partial charge is 0.312 e. The highest BCUT2D eigenvalue weighted by Gasteiger charge is 2.72. The quantitative estimate of drug-likeness (QED) is 0.721. The van der Waals surface area contributed by atoms with Crippen molar-refractivity contribution in [3.8, 4) is 0 Å². The van der Waals surface area contributed by atoms with Crippen LogP contribution in [0.15, 0.2) is 0 Å². The van der Waals surface area contributed by atoms with Gasteiger partial charge >= 0.3 is 5.97 Å². The molecule has 7 aliphatic carbocycles. The summed E-state index contributed by atoms with van der Waals surface area (Å²) in [4.78, 5) is 12.9. The Balaban J connectivity index is 1.52. The van der Waals surface area contributed by atoms with E-state index < -0.39 is 0 Å². The van der Waals surface area contributed by atoms with Crippen molar-refractivity contribution in [3.05, 3.63) is 0 Å². The van der Waals surface area contributed by atoms with Crippen LogP contribution in [0.25, 0.3) is 0 Å². The average Bonchev–Trinajstić information content (AvgIpc) is 2.51. The fourth-order valence-electron chi connectivity index (χ4n) is 7.52. The van der Waals surface area contributed by atoms with E-state index in [1.165, 1.54) is 38.5 Å². The molecule has 2 heteroatoms. The third kappa shape index (κ3) is 1.50. The second-order valence-corrected chi connectivity index (χ2v) is 9.90. The monoisotopic (exact) mass is 302 g/mol. The molecular formula is C20H30O2. The molecule has 2 nitrogen and oxygen atoms in total. The number of hydrogen-bond acceptors (Lipinski definition) is 2. The number of rotatable bonds is 3. The summed E-state index contributed by atoms with van der Waals surface area (Å²) in [5, 5.41) is 0. The van der Waals surface area contributed by atoms with E-state index in [0.717, 1.165) is 36.0 Å². The topological polar surface area (TPSA) is 26.3 Å². The first-order valence-corrected chi connectivity index (χ1v) is 9.68. The molecule has 4 unspecified atom stereocenters. The molecule has 7 saturated carbocycles. The van der Waals surface area contributed by atoms with E-state index in [1.807, 2.05) is 0 Å². The molecule has 8 bridgehead atoms. The zero-order valence-corrected chi connectivity index (χ0v) is 14.3. The van der Waals surface area contributed by atoms with E-state index in [2.05, 4.69) is 20.8 Å². The van der Waals surface area contributed by atoms with Crippen molar-refractivity contribution in [2.75, 3.05) is 0 Å². The van der Waals surface area contributed by atoms with Crippen LogP contribution < -0.4 is 0 Å². The lowest BCUT2D eigenvalue weighted by atomic mass is 9.34. The van der Waals surface area contributed by atoms with E-state index in [4.69, 9.17) is 4.74 Å². The normalized spacial score (nSPS) is 54.0. The lowest BCUT2D eigenvalue weighted by Gasteiger charge is -2.73. The molecule has 0 aromatic carbocycles. The maximum absolute atomic E-state index is 12.9. The van der Waals surface area contributed by atoms with Crippen molar-refractivity contribution in [2.45, 2.75) is 71.3 Å². The molecule has 7 fully saturated rings. The third-order valence-electron chi connectivity index (χ3n) is 8.71. The summed E-state index contributed by atoms with van der Waals surface area (Å²) in [5.41, 5.74) is -0.367. The lowest BCUT2D eigenvalue weighted by Crippen LogP contribution is -2.72. The van der Waals surface area contributed by atoms with Crippen LogP contribution in [0, 0.1) is 46.8 Å². The van der Waals surface area contributed by atoms with E-state index in [0.29, 0.717) is 11.8 Å². The third-order valence-corrected chi connectivity index (χ3v) is 8.71. The highest BCUT2D eigenvalue weighted by Crippen LogP contribution is 2.73. The second-order valence-electron chi connectivity index (χ2n) is 9.90. The van der Waals surface area contributed by atoms with Crippen LogP contribution in [0.4, 0.5) is 0 Å². The summed E-state index contributed by atoms with van der Waals surface area (Å²) in [6.07, 6.45) is 9.18. The molecule has 0 radical (unpaired) electrons. The molecule has 0 aromatic heterocycles. The zero-order valence-electron chi connectivity index (χ0n) is 14.3. The van der Waals surface area contributed by atoms with Gasteiger partial charge in [-0.3, -0.25) is 4.79 Å². The standard InChI is InChI=1S/C20H30O2/c1-4-19(2,3)18(21)22-20-10-12-6-14-13-5-11(8-16(14)20)9-17(20)15(13)7-12/h11-17H,4-10H2,1-3H3. The number of hydrogen-bond donors (Lipinski definition) is 0. The van der Waals surface area contributed by atoms with Gasteiger partial charge in [0.2, 0.25) is 0 Å². The summed E-state index contributed by atoms with van der Waals surface area (Å²) in [6, 6.07) is 0. The van der Waals surface area contributed by atoms with Crippen molar-refractivity contribution in [1.29, 1.82) is 0 Å². The highest BCUT2D eigenvalue weighted by atomic mass is 16.6. The van der Waals surface area contributed by atoms with Gasteiger partial charge in [0.1, 0.15) is 5.60 Å². The first-order valence-electron chi connectivity index (χ1n) is 9.68. The Morgan fingerprint density at radius 3 is 2.18 bits per heavy atom. The maximum atomic E-state index is 12.9. The van der Waals surface area contributed by atoms with Crippen LogP contribution in [0.2, 0.25) is 0 Å². The minimum Gasteiger partial charge on any atom is -0.458 e. The lowest BCUT2D eigenvalue weighted by molar-refractivity contribution is -0.297. The molecule has 0 spiro atoms. The van der Waals surface area contributed by atoms with E-state index in [1.54, 1.807) is 0 Å². The Hall–Kier alpha value is -0.530. The van der Waals surface area contributed by atoms with Gasteiger partial charge in [0.15, 0.2) is 0 Å². The van der Waals surface area contributed by atoms with Crippen molar-refractivity contribution in [3.63, 3.8) is 0 Å². The van der Waals surface area contributed by atoms with Gasteiger partial charge in [-0.2, -0.15) is 0 Å². The number of carbonyl (C=O) groups is 1. The predicted molar refractivity (Wildman–Crippen MR) is 85.0 cm³/mol. The molecule has 22 heavy (non-hydrogen) atoms. The molecule has 0 amide bonds. The summed E-state index contributed by atoms with van der Waals surface area (Å²) < 4.78 is 6.50. The molecule has 4 atom stereocenters. The van der Waals surface area contributed by atoms with Crippen molar-refractivity contribution >= 4 is 5.97 Å². The minimum atomic E-state index is -0.319. The Morgan fingerprint density at radius 1 is 1.00 bits per heavy atom. The van der Waals surface area contributed by atoms with Crippen molar-refractivity contribution < 1.29 is 9.53 Å². The fraction of sp³-hybridized carbons (Fsp3) is 0.950. The highest BCUT2D eigenvalue weighted by molar-refractivity contribution is 5.76. The number of carbonyl (C=O) groups excluding carboxylic acids is 1. The molecular weight excluding hydrogens is 272 g/mol. The Labute approximate surface area is 134 Å². The summed E-state index contributed by atoms with van der Waals surface area (Å²) >= 11 is 0. The first kappa shape index (κ1) is 13.9. The van der Waals surface area contributed by atoms with Gasteiger partial charge in [0.05, 0.1) is 5.41 Å². The molecule has 7 rings (SSSR count). The average molecular weight is 302 g/mol. The Kier molecular flexibility index (Phi) is 2.59. The van der Waals surface area contributed by atoms with Crippen LogP contribution >= 0.6 is 0 Å². The van der Waals surface area contributed by atoms with Gasteiger partial charge in [-0.05, 0) is 88.4 Å². The largest absolute Gasteiger partial charge is 0.458 e. The molecule has 0 saturated heterocycles. The van der Waals surface area contributed by atoms with Gasteiger partial charge in [0.25, 0.3) is 0 Å². The number of esters is 1. The molecule has 0 N–H and O–H groups in total. The fourth-order valence-corrected chi connectivity index (χ4v) is 7.52. The van der Waals surface area contributed by atoms with E-state index in [-0.39, 0.29) is 17.0 Å².